The molecule has 2 aromatic carbocycles. The fourth-order valence-corrected chi connectivity index (χ4v) is 4.40. The Morgan fingerprint density at radius 2 is 2.00 bits per heavy atom. The summed E-state index contributed by atoms with van der Waals surface area (Å²) in [5, 5.41) is 11.2. The molecule has 0 aliphatic carbocycles. The van der Waals surface area contributed by atoms with Gasteiger partial charge in [0.1, 0.15) is 11.8 Å². The number of halogens is 3. The summed E-state index contributed by atoms with van der Waals surface area (Å²) < 4.78 is 5.84. The predicted molar refractivity (Wildman–Crippen MR) is 113 cm³/mol. The lowest BCUT2D eigenvalue weighted by atomic mass is 9.91. The molecule has 0 saturated carbocycles. The highest BCUT2D eigenvalue weighted by Gasteiger charge is 2.37. The maximum Gasteiger partial charge on any atom is 0.320 e. The van der Waals surface area contributed by atoms with E-state index in [9.17, 15) is 9.90 Å². The minimum Gasteiger partial charge on any atom is -0.494 e. The summed E-state index contributed by atoms with van der Waals surface area (Å²) >= 11 is 19.2. The zero-order valence-corrected chi connectivity index (χ0v) is 17.8. The van der Waals surface area contributed by atoms with Gasteiger partial charge in [-0.15, -0.1) is 0 Å². The zero-order chi connectivity index (χ0) is 20.3. The lowest BCUT2D eigenvalue weighted by Crippen LogP contribution is -2.47. The molecule has 0 bridgehead atoms. The van der Waals surface area contributed by atoms with Crippen LogP contribution in [-0.2, 0) is 4.79 Å². The van der Waals surface area contributed by atoms with Gasteiger partial charge in [-0.25, -0.2) is 0 Å². The molecule has 2 atom stereocenters. The van der Waals surface area contributed by atoms with Crippen molar-refractivity contribution in [1.82, 2.24) is 4.90 Å². The summed E-state index contributed by atoms with van der Waals surface area (Å²) in [5.74, 6) is -0.189. The molecule has 0 amide bonds. The van der Waals surface area contributed by atoms with Crippen molar-refractivity contribution in [3.63, 3.8) is 0 Å². The SMILES string of the molecule is CCOc1ccc(Cl)cc1C(c1cccc(Cl)c1Cl)N1CCCCC1C(=O)O. The Morgan fingerprint density at radius 1 is 1.21 bits per heavy atom. The number of ether oxygens (including phenoxy) is 1. The van der Waals surface area contributed by atoms with Crippen LogP contribution in [0.5, 0.6) is 5.75 Å². The largest absolute Gasteiger partial charge is 0.494 e. The van der Waals surface area contributed by atoms with Gasteiger partial charge in [0.25, 0.3) is 0 Å². The molecule has 2 aromatic rings. The molecule has 28 heavy (non-hydrogen) atoms. The quantitative estimate of drug-likeness (QED) is 0.589. The Balaban J connectivity index is 2.22. The number of piperidine rings is 1. The van der Waals surface area contributed by atoms with Crippen LogP contribution in [0.15, 0.2) is 36.4 Å². The van der Waals surface area contributed by atoms with Crippen LogP contribution in [0.25, 0.3) is 0 Å². The molecule has 0 radical (unpaired) electrons. The molecular formula is C21H22Cl3NO3. The maximum absolute atomic E-state index is 12.0. The van der Waals surface area contributed by atoms with Crippen molar-refractivity contribution in [1.29, 1.82) is 0 Å². The van der Waals surface area contributed by atoms with Crippen LogP contribution in [0.2, 0.25) is 15.1 Å². The first-order valence-electron chi connectivity index (χ1n) is 9.28. The second kappa shape index (κ2) is 9.36. The highest BCUT2D eigenvalue weighted by Crippen LogP contribution is 2.43. The van der Waals surface area contributed by atoms with E-state index in [-0.39, 0.29) is 0 Å². The summed E-state index contributed by atoms with van der Waals surface area (Å²) in [6.45, 7) is 3.01. The van der Waals surface area contributed by atoms with E-state index >= 15 is 0 Å². The molecule has 1 N–H and O–H groups in total. The Labute approximate surface area is 180 Å². The minimum absolute atomic E-state index is 0.409. The molecule has 150 valence electrons. The normalized spacial score (nSPS) is 18.6. The molecule has 3 rings (SSSR count). The third-order valence-corrected chi connectivity index (χ3v) is 6.07. The molecular weight excluding hydrogens is 421 g/mol. The molecule has 1 aliphatic rings. The molecule has 7 heteroatoms. The fourth-order valence-electron chi connectivity index (χ4n) is 3.80. The van der Waals surface area contributed by atoms with Gasteiger partial charge in [-0.3, -0.25) is 9.69 Å². The molecule has 1 saturated heterocycles. The number of likely N-dealkylation sites (tertiary alicyclic amines) is 1. The zero-order valence-electron chi connectivity index (χ0n) is 15.5. The van der Waals surface area contributed by atoms with Gasteiger partial charge >= 0.3 is 5.97 Å². The summed E-state index contributed by atoms with van der Waals surface area (Å²) in [7, 11) is 0. The Kier molecular flexibility index (Phi) is 7.10. The summed E-state index contributed by atoms with van der Waals surface area (Å²) in [6.07, 6.45) is 2.36. The van der Waals surface area contributed by atoms with Gasteiger partial charge in [0.2, 0.25) is 0 Å². The molecule has 1 fully saturated rings. The van der Waals surface area contributed by atoms with Crippen molar-refractivity contribution >= 4 is 40.8 Å². The van der Waals surface area contributed by atoms with Gasteiger partial charge in [-0.1, -0.05) is 53.4 Å². The van der Waals surface area contributed by atoms with Crippen molar-refractivity contribution in [2.24, 2.45) is 0 Å². The average molecular weight is 443 g/mol. The van der Waals surface area contributed by atoms with Crippen LogP contribution < -0.4 is 4.74 Å². The molecule has 1 heterocycles. The molecule has 4 nitrogen and oxygen atoms in total. The van der Waals surface area contributed by atoms with Crippen molar-refractivity contribution in [2.75, 3.05) is 13.2 Å². The van der Waals surface area contributed by atoms with Crippen LogP contribution in [0, 0.1) is 0 Å². The monoisotopic (exact) mass is 441 g/mol. The Bertz CT molecular complexity index is 859. The van der Waals surface area contributed by atoms with Gasteiger partial charge in [0, 0.05) is 10.6 Å². The first-order chi connectivity index (χ1) is 13.4. The second-order valence-corrected chi connectivity index (χ2v) is 7.97. The van der Waals surface area contributed by atoms with E-state index in [4.69, 9.17) is 39.5 Å². The predicted octanol–water partition coefficient (Wildman–Crippen LogP) is 6.07. The van der Waals surface area contributed by atoms with Gasteiger partial charge in [0.15, 0.2) is 0 Å². The van der Waals surface area contributed by atoms with Crippen LogP contribution >= 0.6 is 34.8 Å². The molecule has 0 spiro atoms. The van der Waals surface area contributed by atoms with Crippen LogP contribution in [0.4, 0.5) is 0 Å². The lowest BCUT2D eigenvalue weighted by molar-refractivity contribution is -0.145. The van der Waals surface area contributed by atoms with E-state index in [2.05, 4.69) is 0 Å². The molecule has 2 unspecified atom stereocenters. The summed E-state index contributed by atoms with van der Waals surface area (Å²) in [4.78, 5) is 14.0. The number of hydrogen-bond donors (Lipinski definition) is 1. The third-order valence-electron chi connectivity index (χ3n) is 5.00. The molecule has 0 aromatic heterocycles. The van der Waals surface area contributed by atoms with Crippen LogP contribution in [-0.4, -0.2) is 35.2 Å². The van der Waals surface area contributed by atoms with Crippen molar-refractivity contribution in [2.45, 2.75) is 38.3 Å². The number of aliphatic carboxylic acids is 1. The topological polar surface area (TPSA) is 49.8 Å². The van der Waals surface area contributed by atoms with Crippen molar-refractivity contribution in [3.05, 3.63) is 62.6 Å². The smallest absolute Gasteiger partial charge is 0.320 e. The first kappa shape index (κ1) is 21.3. The number of carboxylic acids is 1. The van der Waals surface area contributed by atoms with Gasteiger partial charge < -0.3 is 9.84 Å². The number of carbonyl (C=O) groups is 1. The van der Waals surface area contributed by atoms with E-state index in [0.29, 0.717) is 40.4 Å². The van der Waals surface area contributed by atoms with Gasteiger partial charge in [-0.05, 0) is 56.1 Å². The standard InChI is InChI=1S/C21H22Cl3NO3/c1-2-28-18-10-9-13(22)12-15(18)20(14-6-5-7-16(23)19(14)24)25-11-4-3-8-17(25)21(26)27/h5-7,9-10,12,17,20H,2-4,8,11H2,1H3,(H,26,27). The van der Waals surface area contributed by atoms with E-state index in [1.165, 1.54) is 0 Å². The number of rotatable bonds is 6. The van der Waals surface area contributed by atoms with E-state index in [1.807, 2.05) is 36.1 Å². The summed E-state index contributed by atoms with van der Waals surface area (Å²) in [5.41, 5.74) is 1.53. The number of hydrogen-bond acceptors (Lipinski definition) is 3. The van der Waals surface area contributed by atoms with Gasteiger partial charge in [0.05, 0.1) is 22.7 Å². The van der Waals surface area contributed by atoms with Crippen LogP contribution in [0.3, 0.4) is 0 Å². The fraction of sp³-hybridized carbons (Fsp3) is 0.381. The number of nitrogens with zero attached hydrogens (tertiary/aromatic N) is 1. The number of benzene rings is 2. The lowest BCUT2D eigenvalue weighted by Gasteiger charge is -2.40. The van der Waals surface area contributed by atoms with E-state index in [1.54, 1.807) is 12.1 Å². The van der Waals surface area contributed by atoms with Gasteiger partial charge in [-0.2, -0.15) is 0 Å². The summed E-state index contributed by atoms with van der Waals surface area (Å²) in [6, 6.07) is 9.75. The van der Waals surface area contributed by atoms with E-state index < -0.39 is 18.1 Å². The highest BCUT2D eigenvalue weighted by molar-refractivity contribution is 6.42. The number of carboxylic acid groups (broad SMARTS) is 1. The maximum atomic E-state index is 12.0. The highest BCUT2D eigenvalue weighted by atomic mass is 35.5. The van der Waals surface area contributed by atoms with Crippen molar-refractivity contribution < 1.29 is 14.6 Å². The Morgan fingerprint density at radius 3 is 2.71 bits per heavy atom. The van der Waals surface area contributed by atoms with E-state index in [0.717, 1.165) is 24.0 Å². The first-order valence-corrected chi connectivity index (χ1v) is 10.4. The Hall–Kier alpha value is -1.46. The minimum atomic E-state index is -0.845. The second-order valence-electron chi connectivity index (χ2n) is 6.75. The average Bonchev–Trinajstić information content (AvgIpc) is 2.68. The van der Waals surface area contributed by atoms with Crippen molar-refractivity contribution in [3.8, 4) is 5.75 Å². The van der Waals surface area contributed by atoms with Crippen LogP contribution in [0.1, 0.15) is 43.4 Å². The third kappa shape index (κ3) is 4.41. The molecule has 1 aliphatic heterocycles.